The lowest BCUT2D eigenvalue weighted by Gasteiger charge is -2.21. The molecule has 0 spiro atoms. The topological polar surface area (TPSA) is 77.8 Å². The maximum absolute atomic E-state index is 5.93. The minimum Gasteiger partial charge on any atom is -0.383 e. The van der Waals surface area contributed by atoms with Gasteiger partial charge in [0.15, 0.2) is 0 Å². The van der Waals surface area contributed by atoms with E-state index < -0.39 is 0 Å². The minimum absolute atomic E-state index is 0.162. The average Bonchev–Trinajstić information content (AvgIpc) is 2.37. The fraction of sp³-hybridized carbons (Fsp3) is 0.250. The Morgan fingerprint density at radius 3 is 2.29 bits per heavy atom. The lowest BCUT2D eigenvalue weighted by Crippen LogP contribution is -2.13. The summed E-state index contributed by atoms with van der Waals surface area (Å²) in [7, 11) is 0. The number of nitrogens with zero attached hydrogens (tertiary/aromatic N) is 2. The zero-order valence-corrected chi connectivity index (χ0v) is 13.1. The molecule has 4 N–H and O–H groups in total. The van der Waals surface area contributed by atoms with Crippen molar-refractivity contribution in [3.05, 3.63) is 52.2 Å². The lowest BCUT2D eigenvalue weighted by atomic mass is 9.84. The van der Waals surface area contributed by atoms with Crippen LogP contribution in [0, 0.1) is 6.92 Å². The van der Waals surface area contributed by atoms with Crippen molar-refractivity contribution < 1.29 is 0 Å². The van der Waals surface area contributed by atoms with Gasteiger partial charge in [-0.3, -0.25) is 0 Å². The second-order valence-electron chi connectivity index (χ2n) is 5.53. The van der Waals surface area contributed by atoms with Crippen molar-refractivity contribution in [2.45, 2.75) is 26.2 Å². The lowest BCUT2D eigenvalue weighted by molar-refractivity contribution is 0.673. The Kier molecular flexibility index (Phi) is 4.19. The molecule has 1 heterocycles. The first-order chi connectivity index (χ1) is 9.79. The van der Waals surface area contributed by atoms with Gasteiger partial charge < -0.3 is 11.5 Å². The normalized spacial score (nSPS) is 12.0. The molecule has 0 bridgehead atoms. The van der Waals surface area contributed by atoms with Crippen LogP contribution in [0.1, 0.15) is 30.7 Å². The van der Waals surface area contributed by atoms with Crippen molar-refractivity contribution in [3.63, 3.8) is 0 Å². The van der Waals surface area contributed by atoms with E-state index in [0.717, 1.165) is 21.8 Å². The molecule has 0 amide bonds. The molecule has 1 aromatic heterocycles. The number of aromatic nitrogens is 2. The Bertz CT molecular complexity index is 652. The van der Waals surface area contributed by atoms with E-state index >= 15 is 0 Å². The third-order valence-electron chi connectivity index (χ3n) is 3.44. The van der Waals surface area contributed by atoms with Gasteiger partial charge in [-0.15, -0.1) is 0 Å². The maximum Gasteiger partial charge on any atom is 0.222 e. The van der Waals surface area contributed by atoms with Crippen LogP contribution in [0.25, 0.3) is 6.08 Å². The highest BCUT2D eigenvalue weighted by atomic mass is 35.5. The molecule has 2 aromatic rings. The molecule has 0 unspecified atom stereocenters. The van der Waals surface area contributed by atoms with E-state index in [1.807, 2.05) is 37.3 Å². The van der Waals surface area contributed by atoms with Gasteiger partial charge in [-0.05, 0) is 24.6 Å². The molecular weight excluding hydrogens is 284 g/mol. The average molecular weight is 303 g/mol. The van der Waals surface area contributed by atoms with Gasteiger partial charge in [-0.2, -0.15) is 4.98 Å². The summed E-state index contributed by atoms with van der Waals surface area (Å²) >= 11 is 5.93. The van der Waals surface area contributed by atoms with E-state index in [1.54, 1.807) is 0 Å². The summed E-state index contributed by atoms with van der Waals surface area (Å²) in [6, 6.07) is 7.81. The molecule has 2 rings (SSSR count). The minimum atomic E-state index is -0.162. The molecule has 0 aliphatic carbocycles. The summed E-state index contributed by atoms with van der Waals surface area (Å²) in [5.41, 5.74) is 14.1. The predicted octanol–water partition coefficient (Wildman–Crippen LogP) is 3.59. The number of rotatable bonds is 3. The van der Waals surface area contributed by atoms with Crippen molar-refractivity contribution in [3.8, 4) is 0 Å². The number of nitrogen functional groups attached to an aromatic ring is 2. The fourth-order valence-electron chi connectivity index (χ4n) is 2.10. The van der Waals surface area contributed by atoms with Gasteiger partial charge in [0.2, 0.25) is 5.95 Å². The van der Waals surface area contributed by atoms with Gasteiger partial charge >= 0.3 is 0 Å². The summed E-state index contributed by atoms with van der Waals surface area (Å²) in [6.45, 7) is 6.11. The Balaban J connectivity index is 2.34. The number of benzene rings is 1. The van der Waals surface area contributed by atoms with Crippen molar-refractivity contribution >= 4 is 29.4 Å². The van der Waals surface area contributed by atoms with Crippen LogP contribution in [0.2, 0.25) is 5.02 Å². The maximum atomic E-state index is 5.93. The van der Waals surface area contributed by atoms with E-state index in [1.165, 1.54) is 0 Å². The van der Waals surface area contributed by atoms with E-state index in [-0.39, 0.29) is 11.4 Å². The number of aryl methyl sites for hydroxylation is 1. The van der Waals surface area contributed by atoms with Crippen LogP contribution in [0.15, 0.2) is 30.3 Å². The van der Waals surface area contributed by atoms with E-state index in [2.05, 4.69) is 29.9 Å². The van der Waals surface area contributed by atoms with Gasteiger partial charge in [0.25, 0.3) is 0 Å². The van der Waals surface area contributed by atoms with Crippen LogP contribution >= 0.6 is 11.6 Å². The van der Waals surface area contributed by atoms with Crippen molar-refractivity contribution in [1.82, 2.24) is 9.97 Å². The molecule has 0 aliphatic rings. The smallest absolute Gasteiger partial charge is 0.222 e. The van der Waals surface area contributed by atoms with Crippen molar-refractivity contribution in [1.29, 1.82) is 0 Å². The Hall–Kier alpha value is -2.07. The number of anilines is 2. The molecule has 0 fully saturated rings. The summed E-state index contributed by atoms with van der Waals surface area (Å²) in [5, 5.41) is 0.727. The fourth-order valence-corrected chi connectivity index (χ4v) is 2.23. The highest BCUT2D eigenvalue weighted by molar-refractivity contribution is 6.30. The summed E-state index contributed by atoms with van der Waals surface area (Å²) < 4.78 is 0. The number of halogens is 1. The zero-order valence-electron chi connectivity index (χ0n) is 12.4. The van der Waals surface area contributed by atoms with Gasteiger partial charge in [0.1, 0.15) is 5.82 Å². The van der Waals surface area contributed by atoms with E-state index in [0.29, 0.717) is 5.82 Å². The second kappa shape index (κ2) is 5.74. The van der Waals surface area contributed by atoms with Crippen molar-refractivity contribution in [2.75, 3.05) is 11.5 Å². The molecule has 0 radical (unpaired) electrons. The van der Waals surface area contributed by atoms with Gasteiger partial charge in [0.05, 0.1) is 5.69 Å². The van der Waals surface area contributed by atoms with Crippen LogP contribution in [-0.4, -0.2) is 9.97 Å². The highest BCUT2D eigenvalue weighted by Crippen LogP contribution is 2.28. The number of hydrogen-bond donors (Lipinski definition) is 2. The van der Waals surface area contributed by atoms with Gasteiger partial charge in [-0.25, -0.2) is 4.98 Å². The van der Waals surface area contributed by atoms with Gasteiger partial charge in [0, 0.05) is 16.0 Å². The van der Waals surface area contributed by atoms with E-state index in [4.69, 9.17) is 23.1 Å². The summed E-state index contributed by atoms with van der Waals surface area (Å²) in [4.78, 5) is 8.13. The number of allylic oxidation sites excluding steroid dienone is 1. The molecule has 4 nitrogen and oxygen atoms in total. The summed E-state index contributed by atoms with van der Waals surface area (Å²) in [6.07, 6.45) is 4.02. The third kappa shape index (κ3) is 3.52. The third-order valence-corrected chi connectivity index (χ3v) is 3.69. The second-order valence-corrected chi connectivity index (χ2v) is 5.96. The van der Waals surface area contributed by atoms with Gasteiger partial charge in [-0.1, -0.05) is 49.7 Å². The van der Waals surface area contributed by atoms with Crippen molar-refractivity contribution in [2.24, 2.45) is 0 Å². The molecule has 0 atom stereocenters. The molecular formula is C16H19ClN4. The first-order valence-electron chi connectivity index (χ1n) is 6.64. The van der Waals surface area contributed by atoms with Crippen LogP contribution in [0.3, 0.4) is 0 Å². The monoisotopic (exact) mass is 302 g/mol. The largest absolute Gasteiger partial charge is 0.383 e. The number of hydrogen-bond acceptors (Lipinski definition) is 4. The first kappa shape index (κ1) is 15.3. The number of nitrogens with two attached hydrogens (primary N) is 2. The first-order valence-corrected chi connectivity index (χ1v) is 7.02. The predicted molar refractivity (Wildman–Crippen MR) is 89.1 cm³/mol. The van der Waals surface area contributed by atoms with Crippen LogP contribution < -0.4 is 11.5 Å². The van der Waals surface area contributed by atoms with Crippen LogP contribution in [0.4, 0.5) is 11.8 Å². The molecule has 0 saturated carbocycles. The van der Waals surface area contributed by atoms with Crippen LogP contribution in [-0.2, 0) is 5.41 Å². The molecule has 21 heavy (non-hydrogen) atoms. The Morgan fingerprint density at radius 2 is 1.71 bits per heavy atom. The van der Waals surface area contributed by atoms with Crippen LogP contribution in [0.5, 0.6) is 0 Å². The highest BCUT2D eigenvalue weighted by Gasteiger charge is 2.17. The Morgan fingerprint density at radius 1 is 1.10 bits per heavy atom. The standard InChI is InChI=1S/C16H19ClN4/c1-10-13(14(18)21-15(19)20-10)8-9-16(2,3)11-4-6-12(17)7-5-11/h4-9H,1-3H3,(H4,18,19,20,21). The Labute approximate surface area is 129 Å². The SMILES string of the molecule is Cc1nc(N)nc(N)c1C=CC(C)(C)c1ccc(Cl)cc1. The summed E-state index contributed by atoms with van der Waals surface area (Å²) in [5.74, 6) is 0.585. The molecule has 0 saturated heterocycles. The molecule has 110 valence electrons. The van der Waals surface area contributed by atoms with E-state index in [9.17, 15) is 0 Å². The molecule has 1 aromatic carbocycles. The molecule has 0 aliphatic heterocycles. The molecule has 5 heteroatoms. The zero-order chi connectivity index (χ0) is 15.6. The quantitative estimate of drug-likeness (QED) is 0.908.